The first-order chi connectivity index (χ1) is 28.9. The summed E-state index contributed by atoms with van der Waals surface area (Å²) in [5, 5.41) is -0.466. The Bertz CT molecular complexity index is 1800. The second-order valence-electron chi connectivity index (χ2n) is 18.9. The van der Waals surface area contributed by atoms with E-state index in [1.54, 1.807) is 82.0 Å². The first-order valence-corrected chi connectivity index (χ1v) is 27.0. The average Bonchev–Trinajstić information content (AvgIpc) is 3.20. The van der Waals surface area contributed by atoms with Gasteiger partial charge in [0, 0.05) is 40.4 Å². The lowest BCUT2D eigenvalue weighted by Crippen LogP contribution is -2.57. The Morgan fingerprint density at radius 2 is 1.11 bits per heavy atom. The predicted octanol–water partition coefficient (Wildman–Crippen LogP) is 8.64. The number of ether oxygens (including phenoxy) is 9. The molecule has 0 radical (unpaired) electrons. The van der Waals surface area contributed by atoms with E-state index in [1.165, 1.54) is 14.0 Å². The quantitative estimate of drug-likeness (QED) is 0.0607. The molecule has 0 amide bonds. The van der Waals surface area contributed by atoms with E-state index in [4.69, 9.17) is 51.5 Å². The van der Waals surface area contributed by atoms with Crippen LogP contribution in [0.25, 0.3) is 0 Å². The molecule has 16 heteroatoms. The van der Waals surface area contributed by atoms with Gasteiger partial charge in [-0.3, -0.25) is 4.79 Å². The van der Waals surface area contributed by atoms with E-state index in [9.17, 15) is 14.4 Å². The molecule has 0 unspecified atom stereocenters. The van der Waals surface area contributed by atoms with Crippen molar-refractivity contribution in [1.82, 2.24) is 0 Å². The monoisotopic (exact) mass is 902 g/mol. The van der Waals surface area contributed by atoms with Crippen LogP contribution < -0.4 is 9.47 Å². The van der Waals surface area contributed by atoms with E-state index >= 15 is 0 Å². The van der Waals surface area contributed by atoms with Gasteiger partial charge in [0.1, 0.15) is 35.9 Å². The van der Waals surface area contributed by atoms with Crippen molar-refractivity contribution in [3.05, 3.63) is 71.8 Å². The van der Waals surface area contributed by atoms with Crippen molar-refractivity contribution < 1.29 is 65.9 Å². The minimum atomic E-state index is -2.63. The summed E-state index contributed by atoms with van der Waals surface area (Å²) in [4.78, 5) is 40.1. The minimum Gasteiger partial charge on any atom is -0.497 e. The topological polar surface area (TPSA) is 153 Å². The van der Waals surface area contributed by atoms with Crippen LogP contribution in [0.2, 0.25) is 36.3 Å². The highest BCUT2D eigenvalue weighted by Crippen LogP contribution is 2.43. The van der Waals surface area contributed by atoms with E-state index in [2.05, 4.69) is 67.7 Å². The zero-order chi connectivity index (χ0) is 46.2. The zero-order valence-electron chi connectivity index (χ0n) is 39.3. The second kappa shape index (κ2) is 21.4. The number of hydrogen-bond acceptors (Lipinski definition) is 14. The first kappa shape index (κ1) is 51.0. The van der Waals surface area contributed by atoms with E-state index < -0.39 is 89.9 Å². The molecule has 0 bridgehead atoms. The number of esters is 3. The van der Waals surface area contributed by atoms with Crippen LogP contribution in [0.4, 0.5) is 0 Å². The molecule has 1 saturated heterocycles. The molecule has 0 spiro atoms. The van der Waals surface area contributed by atoms with Crippen molar-refractivity contribution in [3.8, 4) is 11.5 Å². The summed E-state index contributed by atoms with van der Waals surface area (Å²) in [5.74, 6) is -0.537. The summed E-state index contributed by atoms with van der Waals surface area (Å²) in [6, 6.07) is 13.2. The molecule has 4 rings (SSSR count). The molecule has 0 aliphatic carbocycles. The van der Waals surface area contributed by atoms with Crippen molar-refractivity contribution in [3.63, 3.8) is 0 Å². The minimum absolute atomic E-state index is 0.118. The highest BCUT2D eigenvalue weighted by atomic mass is 28.4. The van der Waals surface area contributed by atoms with Crippen LogP contribution in [0.3, 0.4) is 0 Å². The van der Waals surface area contributed by atoms with Crippen LogP contribution in [0.5, 0.6) is 11.5 Å². The lowest BCUT2D eigenvalue weighted by Gasteiger charge is -2.48. The van der Waals surface area contributed by atoms with Crippen LogP contribution in [0.1, 0.15) is 88.4 Å². The number of rotatable bonds is 18. The van der Waals surface area contributed by atoms with Gasteiger partial charge in [0.2, 0.25) is 0 Å². The van der Waals surface area contributed by atoms with Gasteiger partial charge in [-0.25, -0.2) is 9.59 Å². The molecule has 0 aromatic heterocycles. The highest BCUT2D eigenvalue weighted by molar-refractivity contribution is 6.74. The van der Waals surface area contributed by atoms with E-state index in [0.29, 0.717) is 17.1 Å². The lowest BCUT2D eigenvalue weighted by molar-refractivity contribution is -0.253. The van der Waals surface area contributed by atoms with Gasteiger partial charge in [-0.2, -0.15) is 0 Å². The normalized spacial score (nSPS) is 24.4. The maximum Gasteiger partial charge on any atom is 0.338 e. The molecular formula is C46H70O14Si2. The van der Waals surface area contributed by atoms with Crippen LogP contribution in [-0.2, 0) is 46.8 Å². The fourth-order valence-electron chi connectivity index (χ4n) is 6.73. The van der Waals surface area contributed by atoms with Crippen LogP contribution in [0, 0.1) is 0 Å². The molecule has 14 nitrogen and oxygen atoms in total. The molecule has 2 heterocycles. The predicted molar refractivity (Wildman–Crippen MR) is 238 cm³/mol. The number of benzene rings is 2. The summed E-state index contributed by atoms with van der Waals surface area (Å²) < 4.78 is 68.2. The highest BCUT2D eigenvalue weighted by Gasteiger charge is 2.50. The zero-order valence-corrected chi connectivity index (χ0v) is 41.3. The van der Waals surface area contributed by atoms with Crippen molar-refractivity contribution in [1.29, 1.82) is 0 Å². The molecule has 9 atom stereocenters. The molecule has 2 aliphatic rings. The van der Waals surface area contributed by atoms with E-state index in [1.807, 2.05) is 0 Å². The Morgan fingerprint density at radius 1 is 0.645 bits per heavy atom. The molecular weight excluding hydrogens is 833 g/mol. The molecule has 62 heavy (non-hydrogen) atoms. The molecule has 1 fully saturated rings. The first-order valence-electron chi connectivity index (χ1n) is 21.2. The number of methoxy groups -OCH3 is 4. The number of carbonyl (C=O) groups is 3. The fraction of sp³-hybridized carbons (Fsp3) is 0.630. The summed E-state index contributed by atoms with van der Waals surface area (Å²) in [6.07, 6.45) is -3.41. The van der Waals surface area contributed by atoms with Crippen molar-refractivity contribution in [2.45, 2.75) is 159 Å². The maximum absolute atomic E-state index is 13.9. The van der Waals surface area contributed by atoms with Gasteiger partial charge in [0.25, 0.3) is 0 Å². The number of carbonyl (C=O) groups excluding carboxylic acids is 3. The van der Waals surface area contributed by atoms with Crippen molar-refractivity contribution >= 4 is 34.5 Å². The molecule has 0 saturated carbocycles. The van der Waals surface area contributed by atoms with Gasteiger partial charge in [0.05, 0.1) is 37.6 Å². The smallest absolute Gasteiger partial charge is 0.338 e. The van der Waals surface area contributed by atoms with Gasteiger partial charge in [0.15, 0.2) is 35.3 Å². The Kier molecular flexibility index (Phi) is 17.6. The maximum atomic E-state index is 13.9. The van der Waals surface area contributed by atoms with Gasteiger partial charge < -0.3 is 51.5 Å². The largest absolute Gasteiger partial charge is 0.497 e. The Morgan fingerprint density at radius 3 is 1.53 bits per heavy atom. The third-order valence-electron chi connectivity index (χ3n) is 12.4. The molecule has 2 aromatic rings. The Balaban J connectivity index is 1.83. The number of hydrogen-bond donors (Lipinski definition) is 0. The van der Waals surface area contributed by atoms with Crippen molar-refractivity contribution in [2.24, 2.45) is 0 Å². The summed E-state index contributed by atoms with van der Waals surface area (Å²) in [7, 11) is 0.907. The van der Waals surface area contributed by atoms with Crippen LogP contribution >= 0.6 is 0 Å². The van der Waals surface area contributed by atoms with E-state index in [-0.39, 0.29) is 34.9 Å². The standard InChI is InChI=1S/C46H70O14Si2/c1-29(47)54-39-28-41(53-11)56-38(42(39)58-44(49)31-18-22-33(51-9)23-19-31)27-37(60-62(14,15)46(5,6)7)36(59-61(12,13)45(2,3)4)26-35-34(24-25-40(52-10)55-35)57-43(48)30-16-20-32(50-8)21-17-30/h16-25,34-42H,26-28H2,1-15H3/t34-,35+,36+,37+,38+,39+,40-,41-,42+/m0/s1. The molecule has 0 N–H and O–H groups in total. The van der Waals surface area contributed by atoms with Crippen LogP contribution in [-0.4, -0.2) is 118 Å². The third-order valence-corrected chi connectivity index (χ3v) is 21.4. The third kappa shape index (κ3) is 13.5. The van der Waals surface area contributed by atoms with Gasteiger partial charge >= 0.3 is 17.9 Å². The second-order valence-corrected chi connectivity index (χ2v) is 28.4. The van der Waals surface area contributed by atoms with Gasteiger partial charge in [-0.15, -0.1) is 0 Å². The Hall–Kier alpha value is -3.62. The van der Waals surface area contributed by atoms with Gasteiger partial charge in [-0.05, 0) is 96.9 Å². The molecule has 2 aliphatic heterocycles. The summed E-state index contributed by atoms with van der Waals surface area (Å²) in [5.41, 5.74) is 0.623. The fourth-order valence-corrected chi connectivity index (χ4v) is 9.45. The average molecular weight is 903 g/mol. The molecule has 346 valence electrons. The Labute approximate surface area is 370 Å². The van der Waals surface area contributed by atoms with Crippen LogP contribution in [0.15, 0.2) is 60.7 Å². The van der Waals surface area contributed by atoms with Gasteiger partial charge in [-0.1, -0.05) is 41.5 Å². The SMILES string of the molecule is COc1ccc(C(=O)O[C@H]2[C@H](OC(C)=O)C[C@@H](OC)O[C@@H]2C[C@@H](O[Si](C)(C)C(C)(C)C)[C@@H](C[C@H]2O[C@H](OC)C=C[C@@H]2OC(=O)c2ccc(OC)cc2)O[Si](C)(C)C(C)(C)C)cc1. The molecule has 2 aromatic carbocycles. The summed E-state index contributed by atoms with van der Waals surface area (Å²) in [6.45, 7) is 22.9. The van der Waals surface area contributed by atoms with Crippen molar-refractivity contribution in [2.75, 3.05) is 28.4 Å². The lowest BCUT2D eigenvalue weighted by atomic mass is 9.92. The summed E-state index contributed by atoms with van der Waals surface area (Å²) >= 11 is 0. The van der Waals surface area contributed by atoms with E-state index in [0.717, 1.165) is 0 Å².